The first-order chi connectivity index (χ1) is 9.01. The lowest BCUT2D eigenvalue weighted by Crippen LogP contribution is -2.28. The predicted molar refractivity (Wildman–Crippen MR) is 68.8 cm³/mol. The Morgan fingerprint density at radius 3 is 2.11 bits per heavy atom. The molecule has 3 heteroatoms. The van der Waals surface area contributed by atoms with Crippen LogP contribution in [0.25, 0.3) is 0 Å². The fraction of sp³-hybridized carbons (Fsp3) is 0.250. The first-order valence-electron chi connectivity index (χ1n) is 6.25. The summed E-state index contributed by atoms with van der Waals surface area (Å²) in [4.78, 5) is 0. The molecule has 0 atom stereocenters. The van der Waals surface area contributed by atoms with Crippen LogP contribution in [-0.4, -0.2) is 5.11 Å². The molecule has 19 heavy (non-hydrogen) atoms. The lowest BCUT2D eigenvalue weighted by Gasteiger charge is -2.24. The lowest BCUT2D eigenvalue weighted by atomic mass is 9.89. The maximum Gasteiger partial charge on any atom is 0.165 e. The Labute approximate surface area is 110 Å². The fourth-order valence-electron chi connectivity index (χ4n) is 2.79. The summed E-state index contributed by atoms with van der Waals surface area (Å²) in [5, 5.41) is 10.7. The van der Waals surface area contributed by atoms with Crippen molar-refractivity contribution in [3.8, 4) is 0 Å². The van der Waals surface area contributed by atoms with Crippen LogP contribution < -0.4 is 0 Å². The molecule has 3 rings (SSSR count). The Hall–Kier alpha value is -1.74. The zero-order valence-corrected chi connectivity index (χ0v) is 10.6. The Morgan fingerprint density at radius 2 is 1.53 bits per heavy atom. The molecule has 1 N–H and O–H groups in total. The molecule has 1 nitrogen and oxygen atoms in total. The van der Waals surface area contributed by atoms with Crippen LogP contribution in [0.3, 0.4) is 0 Å². The third kappa shape index (κ3) is 1.85. The summed E-state index contributed by atoms with van der Waals surface area (Å²) >= 11 is 0. The highest BCUT2D eigenvalue weighted by molar-refractivity contribution is 5.41. The highest BCUT2D eigenvalue weighted by atomic mass is 19.2. The fourth-order valence-corrected chi connectivity index (χ4v) is 2.79. The normalized spacial score (nSPS) is 16.4. The van der Waals surface area contributed by atoms with Crippen LogP contribution in [-0.2, 0) is 18.4 Å². The average Bonchev–Trinajstić information content (AvgIpc) is 2.73. The molecule has 1 aliphatic rings. The van der Waals surface area contributed by atoms with Crippen molar-refractivity contribution in [3.05, 3.63) is 70.3 Å². The Morgan fingerprint density at radius 1 is 0.947 bits per heavy atom. The van der Waals surface area contributed by atoms with E-state index < -0.39 is 17.2 Å². The van der Waals surface area contributed by atoms with E-state index >= 15 is 0 Å². The van der Waals surface area contributed by atoms with Crippen LogP contribution in [0.5, 0.6) is 0 Å². The van der Waals surface area contributed by atoms with Crippen molar-refractivity contribution in [1.29, 1.82) is 0 Å². The molecule has 1 aliphatic carbocycles. The Kier molecular flexibility index (Phi) is 2.68. The number of halogens is 2. The summed E-state index contributed by atoms with van der Waals surface area (Å²) in [6.45, 7) is 1.51. The van der Waals surface area contributed by atoms with Gasteiger partial charge in [0, 0.05) is 18.4 Å². The van der Waals surface area contributed by atoms with Gasteiger partial charge in [-0.1, -0.05) is 36.4 Å². The molecule has 0 saturated heterocycles. The van der Waals surface area contributed by atoms with Gasteiger partial charge < -0.3 is 5.11 Å². The minimum atomic E-state index is -1.34. The van der Waals surface area contributed by atoms with E-state index in [0.717, 1.165) is 11.1 Å². The molecular formula is C16H14F2O. The van der Waals surface area contributed by atoms with Gasteiger partial charge in [-0.3, -0.25) is 0 Å². The third-order valence-corrected chi connectivity index (χ3v) is 3.86. The van der Waals surface area contributed by atoms with E-state index in [1.165, 1.54) is 19.1 Å². The van der Waals surface area contributed by atoms with Gasteiger partial charge in [0.05, 0.1) is 0 Å². The molecule has 0 aliphatic heterocycles. The minimum Gasteiger partial charge on any atom is -0.384 e. The maximum absolute atomic E-state index is 14.0. The number of aliphatic hydroxyl groups is 1. The van der Waals surface area contributed by atoms with Gasteiger partial charge in [-0.05, 0) is 23.6 Å². The van der Waals surface area contributed by atoms with Gasteiger partial charge in [-0.25, -0.2) is 8.78 Å². The van der Waals surface area contributed by atoms with Gasteiger partial charge in [0.1, 0.15) is 5.60 Å². The molecule has 0 unspecified atom stereocenters. The molecule has 0 bridgehead atoms. The Balaban J connectivity index is 2.07. The molecule has 0 aromatic heterocycles. The molecule has 0 fully saturated rings. The van der Waals surface area contributed by atoms with E-state index in [9.17, 15) is 13.9 Å². The predicted octanol–water partition coefficient (Wildman–Crippen LogP) is 3.26. The van der Waals surface area contributed by atoms with Crippen molar-refractivity contribution in [2.45, 2.75) is 25.4 Å². The summed E-state index contributed by atoms with van der Waals surface area (Å²) in [6, 6.07) is 10.6. The van der Waals surface area contributed by atoms with E-state index in [1.807, 2.05) is 24.3 Å². The lowest BCUT2D eigenvalue weighted by molar-refractivity contribution is 0.0437. The molecule has 2 aromatic carbocycles. The van der Waals surface area contributed by atoms with E-state index in [0.29, 0.717) is 12.8 Å². The van der Waals surface area contributed by atoms with Crippen LogP contribution >= 0.6 is 0 Å². The molecular weight excluding hydrogens is 246 g/mol. The number of rotatable bonds is 1. The topological polar surface area (TPSA) is 20.2 Å². The van der Waals surface area contributed by atoms with E-state index in [-0.39, 0.29) is 11.1 Å². The smallest absolute Gasteiger partial charge is 0.165 e. The Bertz CT molecular complexity index is 624. The number of fused-ring (bicyclic) bond motifs is 1. The molecule has 0 amide bonds. The second-order valence-corrected chi connectivity index (χ2v) is 5.21. The zero-order chi connectivity index (χ0) is 13.6. The molecule has 0 spiro atoms. The van der Waals surface area contributed by atoms with Gasteiger partial charge in [0.25, 0.3) is 0 Å². The van der Waals surface area contributed by atoms with Crippen LogP contribution in [0, 0.1) is 18.6 Å². The van der Waals surface area contributed by atoms with Crippen LogP contribution in [0.4, 0.5) is 8.78 Å². The molecule has 0 heterocycles. The second-order valence-electron chi connectivity index (χ2n) is 5.21. The van der Waals surface area contributed by atoms with Gasteiger partial charge in [-0.2, -0.15) is 0 Å². The average molecular weight is 260 g/mol. The molecule has 2 aromatic rings. The first kappa shape index (κ1) is 12.3. The summed E-state index contributed by atoms with van der Waals surface area (Å²) in [7, 11) is 0. The van der Waals surface area contributed by atoms with Crippen LogP contribution in [0.15, 0.2) is 36.4 Å². The number of hydrogen-bond donors (Lipinski definition) is 1. The van der Waals surface area contributed by atoms with Gasteiger partial charge >= 0.3 is 0 Å². The number of aryl methyl sites for hydroxylation is 1. The third-order valence-electron chi connectivity index (χ3n) is 3.86. The molecule has 0 saturated carbocycles. The molecule has 0 radical (unpaired) electrons. The number of hydrogen-bond acceptors (Lipinski definition) is 1. The van der Waals surface area contributed by atoms with Gasteiger partial charge in [0.15, 0.2) is 11.6 Å². The first-order valence-corrected chi connectivity index (χ1v) is 6.25. The second kappa shape index (κ2) is 4.14. The minimum absolute atomic E-state index is 0.0480. The van der Waals surface area contributed by atoms with Crippen LogP contribution in [0.1, 0.15) is 22.3 Å². The monoisotopic (exact) mass is 260 g/mol. The van der Waals surface area contributed by atoms with Crippen molar-refractivity contribution in [2.24, 2.45) is 0 Å². The highest BCUT2D eigenvalue weighted by Gasteiger charge is 2.39. The van der Waals surface area contributed by atoms with Crippen molar-refractivity contribution < 1.29 is 13.9 Å². The summed E-state index contributed by atoms with van der Waals surface area (Å²) in [6.07, 6.45) is 0.644. The van der Waals surface area contributed by atoms with E-state index in [4.69, 9.17) is 0 Å². The quantitative estimate of drug-likeness (QED) is 0.834. The highest BCUT2D eigenvalue weighted by Crippen LogP contribution is 2.39. The number of benzene rings is 2. The standard InChI is InChI=1S/C16H14F2O/c1-10-6-7-13(15(18)14(10)17)16(19)8-11-4-2-3-5-12(11)9-16/h2-7,19H,8-9H2,1H3. The van der Waals surface area contributed by atoms with Gasteiger partial charge in [0.2, 0.25) is 0 Å². The largest absolute Gasteiger partial charge is 0.384 e. The molecule has 98 valence electrons. The van der Waals surface area contributed by atoms with Crippen LogP contribution in [0.2, 0.25) is 0 Å². The SMILES string of the molecule is Cc1ccc(C2(O)Cc3ccccc3C2)c(F)c1F. The van der Waals surface area contributed by atoms with Crippen molar-refractivity contribution in [1.82, 2.24) is 0 Å². The summed E-state index contributed by atoms with van der Waals surface area (Å²) in [5.41, 5.74) is 0.936. The summed E-state index contributed by atoms with van der Waals surface area (Å²) in [5.74, 6) is -1.81. The van der Waals surface area contributed by atoms with E-state index in [2.05, 4.69) is 0 Å². The van der Waals surface area contributed by atoms with Crippen molar-refractivity contribution in [3.63, 3.8) is 0 Å². The van der Waals surface area contributed by atoms with Gasteiger partial charge in [-0.15, -0.1) is 0 Å². The maximum atomic E-state index is 14.0. The van der Waals surface area contributed by atoms with Crippen molar-refractivity contribution >= 4 is 0 Å². The zero-order valence-electron chi connectivity index (χ0n) is 10.6. The summed E-state index contributed by atoms with van der Waals surface area (Å²) < 4.78 is 27.7. The van der Waals surface area contributed by atoms with Crippen molar-refractivity contribution in [2.75, 3.05) is 0 Å². The van der Waals surface area contributed by atoms with E-state index in [1.54, 1.807) is 0 Å².